The highest BCUT2D eigenvalue weighted by molar-refractivity contribution is 5.62. The van der Waals surface area contributed by atoms with Crippen LogP contribution >= 0.6 is 0 Å². The van der Waals surface area contributed by atoms with E-state index in [-0.39, 0.29) is 0 Å². The van der Waals surface area contributed by atoms with Crippen LogP contribution in [0.3, 0.4) is 0 Å². The van der Waals surface area contributed by atoms with Crippen molar-refractivity contribution in [3.63, 3.8) is 0 Å². The van der Waals surface area contributed by atoms with Gasteiger partial charge in [0.1, 0.15) is 0 Å². The Kier molecular flexibility index (Phi) is 2.57. The molecule has 3 rings (SSSR count). The highest BCUT2D eigenvalue weighted by Gasteiger charge is 2.09. The number of pyridine rings is 1. The van der Waals surface area contributed by atoms with Gasteiger partial charge in [-0.15, -0.1) is 5.10 Å². The Morgan fingerprint density at radius 3 is 2.72 bits per heavy atom. The van der Waals surface area contributed by atoms with Crippen LogP contribution in [0.2, 0.25) is 0 Å². The zero-order valence-electron chi connectivity index (χ0n) is 10.2. The highest BCUT2D eigenvalue weighted by atomic mass is 15.3. The van der Waals surface area contributed by atoms with Crippen molar-refractivity contribution in [2.45, 2.75) is 13.5 Å². The molecule has 90 valence electrons. The summed E-state index contributed by atoms with van der Waals surface area (Å²) in [6, 6.07) is 14.0. The van der Waals surface area contributed by atoms with Crippen LogP contribution in [0.25, 0.3) is 17.0 Å². The Labute approximate surface area is 105 Å². The maximum Gasteiger partial charge on any atom is 0.182 e. The normalized spacial score (nSPS) is 11.0. The molecule has 2 heterocycles. The van der Waals surface area contributed by atoms with E-state index in [2.05, 4.69) is 23.1 Å². The van der Waals surface area contributed by atoms with E-state index in [1.807, 2.05) is 40.9 Å². The second-order valence-corrected chi connectivity index (χ2v) is 4.24. The first-order valence-electron chi connectivity index (χ1n) is 5.90. The molecule has 18 heavy (non-hydrogen) atoms. The number of nitrogens with two attached hydrogens (primary N) is 1. The molecule has 0 aliphatic rings. The predicted octanol–water partition coefficient (Wildman–Crippen LogP) is 2.16. The molecular weight excluding hydrogens is 224 g/mol. The molecule has 0 aliphatic carbocycles. The van der Waals surface area contributed by atoms with E-state index in [1.165, 1.54) is 5.56 Å². The van der Waals surface area contributed by atoms with Crippen LogP contribution in [0, 0.1) is 6.92 Å². The van der Waals surface area contributed by atoms with Crippen molar-refractivity contribution in [2.24, 2.45) is 5.73 Å². The van der Waals surface area contributed by atoms with Gasteiger partial charge in [-0.05, 0) is 24.6 Å². The summed E-state index contributed by atoms with van der Waals surface area (Å²) < 4.78 is 1.81. The van der Waals surface area contributed by atoms with Crippen molar-refractivity contribution in [1.82, 2.24) is 14.6 Å². The maximum atomic E-state index is 5.71. The fourth-order valence-corrected chi connectivity index (χ4v) is 2.05. The van der Waals surface area contributed by atoms with Crippen LogP contribution in [0.15, 0.2) is 42.5 Å². The summed E-state index contributed by atoms with van der Waals surface area (Å²) >= 11 is 0. The molecule has 0 radical (unpaired) electrons. The van der Waals surface area contributed by atoms with Gasteiger partial charge in [0.05, 0.1) is 5.69 Å². The zero-order chi connectivity index (χ0) is 12.5. The number of aryl methyl sites for hydroxylation is 1. The molecule has 0 spiro atoms. The van der Waals surface area contributed by atoms with Gasteiger partial charge in [0.25, 0.3) is 0 Å². The number of fused-ring (bicyclic) bond motifs is 1. The Bertz CT molecular complexity index is 700. The monoisotopic (exact) mass is 238 g/mol. The van der Waals surface area contributed by atoms with E-state index in [4.69, 9.17) is 5.73 Å². The lowest BCUT2D eigenvalue weighted by Gasteiger charge is -1.99. The van der Waals surface area contributed by atoms with E-state index >= 15 is 0 Å². The van der Waals surface area contributed by atoms with Gasteiger partial charge < -0.3 is 5.73 Å². The van der Waals surface area contributed by atoms with Crippen molar-refractivity contribution in [3.05, 3.63) is 53.7 Å². The average Bonchev–Trinajstić information content (AvgIpc) is 2.82. The number of nitrogens with zero attached hydrogens (tertiary/aromatic N) is 3. The smallest absolute Gasteiger partial charge is 0.182 e. The van der Waals surface area contributed by atoms with Crippen molar-refractivity contribution in [3.8, 4) is 11.4 Å². The summed E-state index contributed by atoms with van der Waals surface area (Å²) in [5.41, 5.74) is 9.72. The van der Waals surface area contributed by atoms with Crippen LogP contribution in [0.1, 0.15) is 11.3 Å². The molecule has 4 heteroatoms. The first kappa shape index (κ1) is 10.9. The van der Waals surface area contributed by atoms with Gasteiger partial charge in [-0.1, -0.05) is 30.3 Å². The summed E-state index contributed by atoms with van der Waals surface area (Å²) in [6.45, 7) is 2.51. The highest BCUT2D eigenvalue weighted by Crippen LogP contribution is 2.20. The molecule has 0 unspecified atom stereocenters. The largest absolute Gasteiger partial charge is 0.325 e. The molecule has 1 aromatic carbocycles. The minimum atomic E-state index is 0.452. The first-order valence-corrected chi connectivity index (χ1v) is 5.90. The fourth-order valence-electron chi connectivity index (χ4n) is 2.05. The van der Waals surface area contributed by atoms with Crippen LogP contribution in [0.5, 0.6) is 0 Å². The van der Waals surface area contributed by atoms with E-state index < -0.39 is 0 Å². The molecule has 2 N–H and O–H groups in total. The third kappa shape index (κ3) is 1.67. The van der Waals surface area contributed by atoms with Gasteiger partial charge in [-0.2, -0.15) is 0 Å². The van der Waals surface area contributed by atoms with E-state index in [1.54, 1.807) is 0 Å². The summed E-state index contributed by atoms with van der Waals surface area (Å²) in [6.07, 6.45) is 0. The molecule has 2 aromatic heterocycles. The lowest BCUT2D eigenvalue weighted by Crippen LogP contribution is -2.04. The second kappa shape index (κ2) is 4.23. The molecule has 0 bridgehead atoms. The lowest BCUT2D eigenvalue weighted by atomic mass is 10.1. The molecule has 0 aliphatic heterocycles. The van der Waals surface area contributed by atoms with Crippen molar-refractivity contribution in [1.29, 1.82) is 0 Å². The molecule has 3 aromatic rings. The SMILES string of the molecule is Cc1ccccc1-c1nc2cccc(CN)n2n1. The Hall–Kier alpha value is -2.20. The van der Waals surface area contributed by atoms with E-state index in [9.17, 15) is 0 Å². The van der Waals surface area contributed by atoms with Gasteiger partial charge in [0, 0.05) is 12.1 Å². The average molecular weight is 238 g/mol. The van der Waals surface area contributed by atoms with Gasteiger partial charge in [0.15, 0.2) is 11.5 Å². The van der Waals surface area contributed by atoms with Crippen molar-refractivity contribution >= 4 is 5.65 Å². The molecule has 0 amide bonds. The molecule has 0 saturated carbocycles. The topological polar surface area (TPSA) is 56.2 Å². The van der Waals surface area contributed by atoms with Crippen LogP contribution < -0.4 is 5.73 Å². The summed E-state index contributed by atoms with van der Waals surface area (Å²) in [4.78, 5) is 4.55. The van der Waals surface area contributed by atoms with E-state index in [0.717, 1.165) is 22.7 Å². The van der Waals surface area contributed by atoms with Gasteiger partial charge in [0.2, 0.25) is 0 Å². The molecule has 0 fully saturated rings. The van der Waals surface area contributed by atoms with Crippen molar-refractivity contribution in [2.75, 3.05) is 0 Å². The number of rotatable bonds is 2. The Morgan fingerprint density at radius 1 is 1.11 bits per heavy atom. The van der Waals surface area contributed by atoms with Gasteiger partial charge >= 0.3 is 0 Å². The fraction of sp³-hybridized carbons (Fsp3) is 0.143. The van der Waals surface area contributed by atoms with Gasteiger partial charge in [-0.3, -0.25) is 0 Å². The van der Waals surface area contributed by atoms with E-state index in [0.29, 0.717) is 6.54 Å². The third-order valence-electron chi connectivity index (χ3n) is 3.03. The minimum Gasteiger partial charge on any atom is -0.325 e. The lowest BCUT2D eigenvalue weighted by molar-refractivity contribution is 0.852. The molecule has 4 nitrogen and oxygen atoms in total. The zero-order valence-corrected chi connectivity index (χ0v) is 10.2. The molecule has 0 atom stereocenters. The number of hydrogen-bond acceptors (Lipinski definition) is 3. The summed E-state index contributed by atoms with van der Waals surface area (Å²) in [5.74, 6) is 0.744. The quantitative estimate of drug-likeness (QED) is 0.744. The number of aromatic nitrogens is 3. The molecular formula is C14H14N4. The third-order valence-corrected chi connectivity index (χ3v) is 3.03. The Morgan fingerprint density at radius 2 is 1.94 bits per heavy atom. The number of benzene rings is 1. The minimum absolute atomic E-state index is 0.452. The molecule has 0 saturated heterocycles. The maximum absolute atomic E-state index is 5.71. The van der Waals surface area contributed by atoms with Crippen LogP contribution in [-0.2, 0) is 6.54 Å². The van der Waals surface area contributed by atoms with Crippen molar-refractivity contribution < 1.29 is 0 Å². The first-order chi connectivity index (χ1) is 8.79. The standard InChI is InChI=1S/C14H14N4/c1-10-5-2-3-7-12(10)14-16-13-8-4-6-11(9-15)18(13)17-14/h2-8H,9,15H2,1H3. The van der Waals surface area contributed by atoms with Gasteiger partial charge in [-0.25, -0.2) is 9.50 Å². The Balaban J connectivity index is 2.23. The summed E-state index contributed by atoms with van der Waals surface area (Å²) in [5, 5.41) is 4.54. The predicted molar refractivity (Wildman–Crippen MR) is 71.1 cm³/mol. The van der Waals surface area contributed by atoms with Crippen LogP contribution in [0.4, 0.5) is 0 Å². The van der Waals surface area contributed by atoms with Crippen LogP contribution in [-0.4, -0.2) is 14.6 Å². The summed E-state index contributed by atoms with van der Waals surface area (Å²) in [7, 11) is 0. The second-order valence-electron chi connectivity index (χ2n) is 4.24. The number of hydrogen-bond donors (Lipinski definition) is 1.